The van der Waals surface area contributed by atoms with Crippen LogP contribution in [0.1, 0.15) is 57.7 Å². The second-order valence-electron chi connectivity index (χ2n) is 7.54. The molecular weight excluding hydrogens is 268 g/mol. The highest BCUT2D eigenvalue weighted by Crippen LogP contribution is 2.41. The van der Waals surface area contributed by atoms with Crippen LogP contribution in [0, 0.1) is 5.41 Å². The van der Waals surface area contributed by atoms with Gasteiger partial charge in [0.15, 0.2) is 0 Å². The smallest absolute Gasteiger partial charge is 0.0405 e. The lowest BCUT2D eigenvalue weighted by atomic mass is 9.79. The number of nitrogens with zero attached hydrogens (tertiary/aromatic N) is 1. The number of benzene rings is 1. The van der Waals surface area contributed by atoms with Gasteiger partial charge in [0.25, 0.3) is 0 Å². The maximum atomic E-state index is 8.04. The first-order valence-electron chi connectivity index (χ1n) is 7.89. The Kier molecular flexibility index (Phi) is 4.32. The summed E-state index contributed by atoms with van der Waals surface area (Å²) in [6.07, 6.45) is 4.80. The van der Waals surface area contributed by atoms with Gasteiger partial charge in [0.1, 0.15) is 0 Å². The molecule has 118 valence electrons. The molecule has 22 heavy (non-hydrogen) atoms. The van der Waals surface area contributed by atoms with Crippen molar-refractivity contribution in [3.8, 4) is 0 Å². The van der Waals surface area contributed by atoms with Crippen LogP contribution in [0.5, 0.6) is 0 Å². The van der Waals surface area contributed by atoms with E-state index in [0.717, 1.165) is 12.0 Å². The maximum absolute atomic E-state index is 8.04. The molecule has 2 nitrogen and oxygen atoms in total. The third-order valence-electron chi connectivity index (χ3n) is 4.32. The van der Waals surface area contributed by atoms with E-state index in [0.29, 0.717) is 0 Å². The molecule has 0 heterocycles. The van der Waals surface area contributed by atoms with Gasteiger partial charge in [0.05, 0.1) is 0 Å². The van der Waals surface area contributed by atoms with Gasteiger partial charge in [-0.25, -0.2) is 0 Å². The maximum Gasteiger partial charge on any atom is 0.0405 e. The van der Waals surface area contributed by atoms with Crippen LogP contribution in [-0.2, 0) is 5.41 Å². The van der Waals surface area contributed by atoms with Gasteiger partial charge in [-0.3, -0.25) is 0 Å². The summed E-state index contributed by atoms with van der Waals surface area (Å²) in [5.41, 5.74) is 8.85. The Balaban J connectivity index is 2.74. The summed E-state index contributed by atoms with van der Waals surface area (Å²) in [5, 5.41) is 8.04. The fraction of sp³-hybridized carbons (Fsp3) is 0.450. The predicted molar refractivity (Wildman–Crippen MR) is 98.3 cm³/mol. The minimum atomic E-state index is -0.00195. The molecule has 1 N–H and O–H groups in total. The number of hydrogen-bond donors (Lipinski definition) is 1. The molecule has 0 bridgehead atoms. The second-order valence-corrected chi connectivity index (χ2v) is 7.54. The average molecular weight is 296 g/mol. The van der Waals surface area contributed by atoms with E-state index in [1.54, 1.807) is 0 Å². The fourth-order valence-corrected chi connectivity index (χ4v) is 3.42. The summed E-state index contributed by atoms with van der Waals surface area (Å²) in [6, 6.07) is 4.40. The third kappa shape index (κ3) is 2.87. The van der Waals surface area contributed by atoms with Crippen molar-refractivity contribution < 1.29 is 0 Å². The van der Waals surface area contributed by atoms with E-state index in [1.165, 1.54) is 39.7 Å². The van der Waals surface area contributed by atoms with Gasteiger partial charge < -0.3 is 10.3 Å². The summed E-state index contributed by atoms with van der Waals surface area (Å²) in [4.78, 5) is 2.15. The number of nitrogens with one attached hydrogen (secondary N) is 1. The first kappa shape index (κ1) is 16.5. The second kappa shape index (κ2) is 5.75. The number of anilines is 1. The largest absolute Gasteiger partial charge is 0.377 e. The van der Waals surface area contributed by atoms with Crippen molar-refractivity contribution in [2.24, 2.45) is 0 Å². The number of rotatable bonds is 3. The van der Waals surface area contributed by atoms with E-state index in [-0.39, 0.29) is 5.41 Å². The normalized spacial score (nSPS) is 15.1. The van der Waals surface area contributed by atoms with Crippen LogP contribution in [0.2, 0.25) is 0 Å². The van der Waals surface area contributed by atoms with Crippen molar-refractivity contribution in [1.82, 2.24) is 0 Å². The van der Waals surface area contributed by atoms with Crippen molar-refractivity contribution in [1.29, 1.82) is 5.41 Å². The molecule has 0 radical (unpaired) electrons. The molecule has 0 atom stereocenters. The highest BCUT2D eigenvalue weighted by atomic mass is 15.1. The minimum Gasteiger partial charge on any atom is -0.377 e. The standard InChI is InChI=1S/C20H28N2/c1-13-10-14(2)16(11-13)15-8-9-18(22(6)7)19(17(15)12-21)20(3,4)5/h8-10,12,21H,11H2,1-7H3. The number of hydrogen-bond acceptors (Lipinski definition) is 2. The predicted octanol–water partition coefficient (Wildman–Crippen LogP) is 5.17. The van der Waals surface area contributed by atoms with Gasteiger partial charge in [0, 0.05) is 31.6 Å². The van der Waals surface area contributed by atoms with Crippen LogP contribution in [0.3, 0.4) is 0 Å². The van der Waals surface area contributed by atoms with Crippen LogP contribution in [0.4, 0.5) is 5.69 Å². The lowest BCUT2D eigenvalue weighted by Crippen LogP contribution is -2.22. The fourth-order valence-electron chi connectivity index (χ4n) is 3.42. The highest BCUT2D eigenvalue weighted by Gasteiger charge is 2.26. The Morgan fingerprint density at radius 2 is 1.77 bits per heavy atom. The minimum absolute atomic E-state index is 0.00195. The number of allylic oxidation sites excluding steroid dienone is 4. The lowest BCUT2D eigenvalue weighted by Gasteiger charge is -2.30. The van der Waals surface area contributed by atoms with E-state index in [9.17, 15) is 0 Å². The molecule has 1 aliphatic rings. The Hall–Kier alpha value is -1.83. The Bertz CT molecular complexity index is 668. The van der Waals surface area contributed by atoms with E-state index >= 15 is 0 Å². The summed E-state index contributed by atoms with van der Waals surface area (Å²) >= 11 is 0. The zero-order valence-electron chi connectivity index (χ0n) is 15.0. The summed E-state index contributed by atoms with van der Waals surface area (Å²) in [5.74, 6) is 0. The first-order chi connectivity index (χ1) is 10.2. The van der Waals surface area contributed by atoms with Crippen molar-refractivity contribution >= 4 is 17.5 Å². The SMILES string of the molecule is CC1=CC(C)=C(c2ccc(N(C)C)c(C(C)(C)C)c2C=N)C1. The molecule has 0 fully saturated rings. The van der Waals surface area contributed by atoms with Gasteiger partial charge in [-0.2, -0.15) is 0 Å². The summed E-state index contributed by atoms with van der Waals surface area (Å²) < 4.78 is 0. The van der Waals surface area contributed by atoms with Crippen LogP contribution in [-0.4, -0.2) is 20.3 Å². The van der Waals surface area contributed by atoms with E-state index < -0.39 is 0 Å². The molecule has 2 heteroatoms. The van der Waals surface area contributed by atoms with Crippen LogP contribution in [0.15, 0.2) is 29.4 Å². The molecule has 0 saturated carbocycles. The molecule has 2 rings (SSSR count). The van der Waals surface area contributed by atoms with Crippen molar-refractivity contribution in [2.45, 2.75) is 46.5 Å². The van der Waals surface area contributed by atoms with E-state index in [1.807, 2.05) is 0 Å². The Morgan fingerprint density at radius 1 is 1.14 bits per heavy atom. The van der Waals surface area contributed by atoms with Crippen molar-refractivity contribution in [3.63, 3.8) is 0 Å². The molecule has 1 aromatic rings. The van der Waals surface area contributed by atoms with Crippen LogP contribution >= 0.6 is 0 Å². The zero-order chi connectivity index (χ0) is 16.7. The molecule has 0 spiro atoms. The van der Waals surface area contributed by atoms with Crippen LogP contribution < -0.4 is 4.90 Å². The summed E-state index contributed by atoms with van der Waals surface area (Å²) in [6.45, 7) is 11.0. The molecule has 0 aromatic heterocycles. The van der Waals surface area contributed by atoms with Crippen LogP contribution in [0.25, 0.3) is 5.57 Å². The monoisotopic (exact) mass is 296 g/mol. The van der Waals surface area contributed by atoms with Gasteiger partial charge in [-0.1, -0.05) is 38.5 Å². The van der Waals surface area contributed by atoms with Gasteiger partial charge in [-0.15, -0.1) is 0 Å². The van der Waals surface area contributed by atoms with Gasteiger partial charge in [0.2, 0.25) is 0 Å². The van der Waals surface area contributed by atoms with Gasteiger partial charge >= 0.3 is 0 Å². The molecule has 0 unspecified atom stereocenters. The summed E-state index contributed by atoms with van der Waals surface area (Å²) in [7, 11) is 4.15. The van der Waals surface area contributed by atoms with Gasteiger partial charge in [-0.05, 0) is 54.0 Å². The average Bonchev–Trinajstić information content (AvgIpc) is 2.74. The molecular formula is C20H28N2. The van der Waals surface area contributed by atoms with E-state index in [2.05, 4.69) is 71.8 Å². The van der Waals surface area contributed by atoms with E-state index in [4.69, 9.17) is 5.41 Å². The van der Waals surface area contributed by atoms with Crippen molar-refractivity contribution in [3.05, 3.63) is 46.0 Å². The topological polar surface area (TPSA) is 27.1 Å². The lowest BCUT2D eigenvalue weighted by molar-refractivity contribution is 0.588. The Morgan fingerprint density at radius 3 is 2.18 bits per heavy atom. The highest BCUT2D eigenvalue weighted by molar-refractivity contribution is 5.93. The van der Waals surface area contributed by atoms with Crippen molar-refractivity contribution in [2.75, 3.05) is 19.0 Å². The third-order valence-corrected chi connectivity index (χ3v) is 4.32. The molecule has 0 amide bonds. The Labute approximate surface area is 135 Å². The quantitative estimate of drug-likeness (QED) is 0.765. The zero-order valence-corrected chi connectivity index (χ0v) is 15.0. The first-order valence-corrected chi connectivity index (χ1v) is 7.89. The molecule has 1 aromatic carbocycles. The molecule has 1 aliphatic carbocycles. The molecule has 0 saturated heterocycles. The molecule has 0 aliphatic heterocycles.